The minimum Gasteiger partial charge on any atom is -0.461 e. The zero-order valence-electron chi connectivity index (χ0n) is 14.9. The number of thioether (sulfide) groups is 1. The third kappa shape index (κ3) is 4.56. The summed E-state index contributed by atoms with van der Waals surface area (Å²) in [6.45, 7) is 4.53. The molecule has 2 heterocycles. The Labute approximate surface area is 160 Å². The van der Waals surface area contributed by atoms with Crippen molar-refractivity contribution in [1.29, 1.82) is 0 Å². The minimum atomic E-state index is -0.370. The van der Waals surface area contributed by atoms with Crippen LogP contribution < -0.4 is 10.9 Å². The molecule has 0 spiro atoms. The molecule has 0 bridgehead atoms. The van der Waals surface area contributed by atoms with Crippen LogP contribution in [-0.4, -0.2) is 32.3 Å². The van der Waals surface area contributed by atoms with E-state index in [-0.39, 0.29) is 17.6 Å². The highest BCUT2D eigenvalue weighted by atomic mass is 32.2. The maximum atomic E-state index is 12.0. The number of nitrogens with zero attached hydrogens (tertiary/aromatic N) is 3. The monoisotopic (exact) mass is 385 g/mol. The summed E-state index contributed by atoms with van der Waals surface area (Å²) in [5.41, 5.74) is 6.33. The number of amides is 2. The molecule has 0 aliphatic heterocycles. The normalized spacial score (nSPS) is 10.6. The molecule has 9 heteroatoms. The van der Waals surface area contributed by atoms with Crippen LogP contribution in [0.4, 0.5) is 0 Å². The first kappa shape index (κ1) is 18.7. The molecule has 3 rings (SSSR count). The van der Waals surface area contributed by atoms with Crippen molar-refractivity contribution < 1.29 is 14.0 Å². The van der Waals surface area contributed by atoms with Gasteiger partial charge in [-0.1, -0.05) is 29.5 Å². The highest BCUT2D eigenvalue weighted by Gasteiger charge is 2.16. The highest BCUT2D eigenvalue weighted by molar-refractivity contribution is 7.99. The maximum absolute atomic E-state index is 12.0. The van der Waals surface area contributed by atoms with Crippen molar-refractivity contribution in [2.75, 3.05) is 5.75 Å². The van der Waals surface area contributed by atoms with Crippen LogP contribution in [0.3, 0.4) is 0 Å². The first-order valence-corrected chi connectivity index (χ1v) is 9.32. The molecule has 1 aromatic carbocycles. The lowest BCUT2D eigenvalue weighted by Crippen LogP contribution is -2.42. The van der Waals surface area contributed by atoms with E-state index in [2.05, 4.69) is 21.0 Å². The van der Waals surface area contributed by atoms with Crippen molar-refractivity contribution in [1.82, 2.24) is 25.6 Å². The molecule has 0 aliphatic rings. The fourth-order valence-corrected chi connectivity index (χ4v) is 3.14. The minimum absolute atomic E-state index is 0.0878. The van der Waals surface area contributed by atoms with Crippen molar-refractivity contribution in [3.8, 4) is 11.6 Å². The van der Waals surface area contributed by atoms with E-state index in [0.29, 0.717) is 28.8 Å². The first-order valence-electron chi connectivity index (χ1n) is 8.34. The zero-order chi connectivity index (χ0) is 19.2. The Kier molecular flexibility index (Phi) is 5.92. The molecule has 8 nitrogen and oxygen atoms in total. The number of hydrogen-bond donors (Lipinski definition) is 2. The number of aromatic nitrogens is 3. The number of furan rings is 1. The number of benzene rings is 1. The van der Waals surface area contributed by atoms with Gasteiger partial charge >= 0.3 is 0 Å². The van der Waals surface area contributed by atoms with E-state index in [1.54, 1.807) is 30.5 Å². The number of carbonyl (C=O) groups is 2. The Morgan fingerprint density at radius 1 is 1.15 bits per heavy atom. The standard InChI is InChI=1S/C18H19N5O3S/c1-3-23-16(14-5-4-10-26-14)20-22-18(23)27-11-15(24)19-21-17(25)13-8-6-12(2)7-9-13/h4-10H,3,11H2,1-2H3,(H,19,24)(H,21,25). The Bertz CT molecular complexity index is 919. The molecule has 3 aromatic rings. The molecule has 0 unspecified atom stereocenters. The number of hydrazine groups is 1. The van der Waals surface area contributed by atoms with Crippen LogP contribution >= 0.6 is 11.8 Å². The second-order valence-corrected chi connectivity index (χ2v) is 6.63. The Balaban J connectivity index is 1.53. The summed E-state index contributed by atoms with van der Waals surface area (Å²) in [6.07, 6.45) is 1.57. The topological polar surface area (TPSA) is 102 Å². The zero-order valence-corrected chi connectivity index (χ0v) is 15.7. The van der Waals surface area contributed by atoms with E-state index < -0.39 is 0 Å². The summed E-state index contributed by atoms with van der Waals surface area (Å²) in [5.74, 6) is 0.602. The molecular weight excluding hydrogens is 366 g/mol. The molecule has 0 fully saturated rings. The largest absolute Gasteiger partial charge is 0.461 e. The molecule has 0 atom stereocenters. The van der Waals surface area contributed by atoms with Gasteiger partial charge in [0.2, 0.25) is 5.91 Å². The third-order valence-electron chi connectivity index (χ3n) is 3.74. The summed E-state index contributed by atoms with van der Waals surface area (Å²) in [6, 6.07) is 10.7. The summed E-state index contributed by atoms with van der Waals surface area (Å²) in [7, 11) is 0. The van der Waals surface area contributed by atoms with Crippen molar-refractivity contribution in [3.05, 3.63) is 53.8 Å². The van der Waals surface area contributed by atoms with Crippen LogP contribution in [0, 0.1) is 6.92 Å². The van der Waals surface area contributed by atoms with E-state index in [1.807, 2.05) is 30.5 Å². The fraction of sp³-hybridized carbons (Fsp3) is 0.222. The van der Waals surface area contributed by atoms with E-state index >= 15 is 0 Å². The molecule has 2 amide bonds. The van der Waals surface area contributed by atoms with Gasteiger partial charge in [0.1, 0.15) is 0 Å². The highest BCUT2D eigenvalue weighted by Crippen LogP contribution is 2.23. The van der Waals surface area contributed by atoms with Crippen LogP contribution in [0.15, 0.2) is 52.2 Å². The summed E-state index contributed by atoms with van der Waals surface area (Å²) in [5, 5.41) is 8.84. The van der Waals surface area contributed by atoms with E-state index in [4.69, 9.17) is 4.42 Å². The van der Waals surface area contributed by atoms with Gasteiger partial charge in [-0.15, -0.1) is 10.2 Å². The van der Waals surface area contributed by atoms with Gasteiger partial charge in [-0.25, -0.2) is 0 Å². The molecule has 27 heavy (non-hydrogen) atoms. The van der Waals surface area contributed by atoms with E-state index in [9.17, 15) is 9.59 Å². The molecule has 0 aliphatic carbocycles. The summed E-state index contributed by atoms with van der Waals surface area (Å²) >= 11 is 1.23. The third-order valence-corrected chi connectivity index (χ3v) is 4.70. The molecule has 0 saturated heterocycles. The number of carbonyl (C=O) groups excluding carboxylic acids is 2. The SMILES string of the molecule is CCn1c(SCC(=O)NNC(=O)c2ccc(C)cc2)nnc1-c1ccco1. The van der Waals surface area contributed by atoms with Gasteiger partial charge in [0.15, 0.2) is 16.7 Å². The van der Waals surface area contributed by atoms with Crippen molar-refractivity contribution >= 4 is 23.6 Å². The summed E-state index contributed by atoms with van der Waals surface area (Å²) < 4.78 is 7.22. The molecule has 0 saturated carbocycles. The van der Waals surface area contributed by atoms with Gasteiger partial charge < -0.3 is 4.42 Å². The Hall–Kier alpha value is -3.07. The van der Waals surface area contributed by atoms with Crippen LogP contribution in [0.2, 0.25) is 0 Å². The van der Waals surface area contributed by atoms with Gasteiger partial charge in [0.25, 0.3) is 5.91 Å². The Morgan fingerprint density at radius 2 is 1.93 bits per heavy atom. The Morgan fingerprint density at radius 3 is 2.59 bits per heavy atom. The van der Waals surface area contributed by atoms with E-state index in [0.717, 1.165) is 5.56 Å². The number of nitrogens with one attached hydrogen (secondary N) is 2. The fourth-order valence-electron chi connectivity index (χ4n) is 2.34. The van der Waals surface area contributed by atoms with E-state index in [1.165, 1.54) is 11.8 Å². The second-order valence-electron chi connectivity index (χ2n) is 5.68. The molecular formula is C18H19N5O3S. The predicted octanol–water partition coefficient (Wildman–Crippen LogP) is 2.42. The second kappa shape index (κ2) is 8.54. The average molecular weight is 385 g/mol. The van der Waals surface area contributed by atoms with Gasteiger partial charge in [-0.05, 0) is 38.1 Å². The molecule has 0 radical (unpaired) electrons. The van der Waals surface area contributed by atoms with Gasteiger partial charge in [0, 0.05) is 12.1 Å². The first-order chi connectivity index (χ1) is 13.1. The van der Waals surface area contributed by atoms with Crippen LogP contribution in [0.25, 0.3) is 11.6 Å². The van der Waals surface area contributed by atoms with Gasteiger partial charge in [-0.2, -0.15) is 0 Å². The molecule has 2 aromatic heterocycles. The number of aryl methyl sites for hydroxylation is 1. The quantitative estimate of drug-likeness (QED) is 0.499. The lowest BCUT2D eigenvalue weighted by Gasteiger charge is -2.08. The lowest BCUT2D eigenvalue weighted by molar-refractivity contribution is -0.119. The van der Waals surface area contributed by atoms with Crippen molar-refractivity contribution in [3.63, 3.8) is 0 Å². The predicted molar refractivity (Wildman–Crippen MR) is 101 cm³/mol. The van der Waals surface area contributed by atoms with Crippen molar-refractivity contribution in [2.45, 2.75) is 25.5 Å². The van der Waals surface area contributed by atoms with Crippen LogP contribution in [0.5, 0.6) is 0 Å². The summed E-state index contributed by atoms with van der Waals surface area (Å²) in [4.78, 5) is 24.0. The maximum Gasteiger partial charge on any atom is 0.269 e. The average Bonchev–Trinajstić information content (AvgIpc) is 3.33. The van der Waals surface area contributed by atoms with Gasteiger partial charge in [0.05, 0.1) is 12.0 Å². The van der Waals surface area contributed by atoms with Crippen molar-refractivity contribution in [2.24, 2.45) is 0 Å². The lowest BCUT2D eigenvalue weighted by atomic mass is 10.1. The van der Waals surface area contributed by atoms with Crippen LogP contribution in [-0.2, 0) is 11.3 Å². The van der Waals surface area contributed by atoms with Gasteiger partial charge in [-0.3, -0.25) is 25.0 Å². The molecule has 2 N–H and O–H groups in total. The number of hydrogen-bond acceptors (Lipinski definition) is 6. The smallest absolute Gasteiger partial charge is 0.269 e. The van der Waals surface area contributed by atoms with Crippen LogP contribution in [0.1, 0.15) is 22.8 Å². The molecule has 140 valence electrons. The number of rotatable bonds is 6.